The number of fused-ring (bicyclic) bond motifs is 1. The van der Waals surface area contributed by atoms with Crippen molar-refractivity contribution in [2.75, 3.05) is 24.5 Å². The van der Waals surface area contributed by atoms with Crippen LogP contribution in [-0.2, 0) is 16.0 Å². The van der Waals surface area contributed by atoms with Crippen molar-refractivity contribution in [1.82, 2.24) is 20.9 Å². The van der Waals surface area contributed by atoms with E-state index in [1.165, 1.54) is 4.58 Å². The number of likely N-dealkylation sites (tertiary alicyclic amines) is 1. The van der Waals surface area contributed by atoms with Crippen molar-refractivity contribution in [2.24, 2.45) is 16.5 Å². The lowest BCUT2D eigenvalue weighted by Crippen LogP contribution is -2.79. The molecule has 1 unspecified atom stereocenters. The number of aliphatic imine (C=N–C) groups is 1. The van der Waals surface area contributed by atoms with Gasteiger partial charge >= 0.3 is 12.0 Å². The van der Waals surface area contributed by atoms with Crippen LogP contribution in [0.5, 0.6) is 0 Å². The molecule has 4 amide bonds. The highest BCUT2D eigenvalue weighted by atomic mass is 16.5. The molecule has 190 valence electrons. The first-order valence-corrected chi connectivity index (χ1v) is 11.9. The van der Waals surface area contributed by atoms with Crippen LogP contribution >= 0.6 is 0 Å². The quantitative estimate of drug-likeness (QED) is 0.124. The second-order valence-corrected chi connectivity index (χ2v) is 9.75. The zero-order valence-electron chi connectivity index (χ0n) is 19.3. The van der Waals surface area contributed by atoms with E-state index in [2.05, 4.69) is 20.9 Å². The van der Waals surface area contributed by atoms with Crippen LogP contribution in [0.25, 0.3) is 0 Å². The number of nitrogens with zero attached hydrogens (tertiary/aromatic N) is 4. The lowest BCUT2D eigenvalue weighted by atomic mass is 9.85. The minimum Gasteiger partial charge on any atom is -0.370 e. The minimum absolute atomic E-state index is 0.0569. The number of nitrogens with two attached hydrogens (primary N) is 2. The van der Waals surface area contributed by atoms with Crippen LogP contribution in [0.1, 0.15) is 18.4 Å². The number of hydrogen-bond donors (Lipinski definition) is 7. The molecule has 1 aromatic rings. The second-order valence-electron chi connectivity index (χ2n) is 9.75. The summed E-state index contributed by atoms with van der Waals surface area (Å²) in [6.07, 6.45) is 0.935. The number of aliphatic hydroxyl groups is 2. The molecule has 14 heteroatoms. The number of guanidine groups is 2. The van der Waals surface area contributed by atoms with E-state index >= 15 is 0 Å². The van der Waals surface area contributed by atoms with Gasteiger partial charge in [0.2, 0.25) is 23.3 Å². The highest BCUT2D eigenvalue weighted by Crippen LogP contribution is 2.42. The molecule has 1 aromatic carbocycles. The van der Waals surface area contributed by atoms with E-state index in [4.69, 9.17) is 11.5 Å². The Morgan fingerprint density at radius 1 is 1.19 bits per heavy atom. The normalized spacial score (nSPS) is 32.1. The molecule has 0 aromatic heterocycles. The summed E-state index contributed by atoms with van der Waals surface area (Å²) in [5, 5.41) is 31.8. The maximum absolute atomic E-state index is 13.2. The van der Waals surface area contributed by atoms with Crippen LogP contribution in [0.15, 0.2) is 29.3 Å². The van der Waals surface area contributed by atoms with E-state index in [0.717, 1.165) is 16.2 Å². The summed E-state index contributed by atoms with van der Waals surface area (Å²) in [7, 11) is 0. The molecule has 2 saturated heterocycles. The van der Waals surface area contributed by atoms with Crippen LogP contribution in [0.3, 0.4) is 0 Å². The summed E-state index contributed by atoms with van der Waals surface area (Å²) in [4.78, 5) is 44.8. The van der Waals surface area contributed by atoms with E-state index in [1.54, 1.807) is 4.90 Å². The molecule has 5 aliphatic rings. The molecule has 5 heterocycles. The van der Waals surface area contributed by atoms with Gasteiger partial charge < -0.3 is 26.6 Å². The number of imide groups is 1. The van der Waals surface area contributed by atoms with Gasteiger partial charge in [-0.2, -0.15) is 0 Å². The van der Waals surface area contributed by atoms with Gasteiger partial charge in [-0.25, -0.2) is 14.4 Å². The van der Waals surface area contributed by atoms with E-state index in [0.29, 0.717) is 13.0 Å². The van der Waals surface area contributed by atoms with Crippen LogP contribution < -0.4 is 32.3 Å². The second kappa shape index (κ2) is 7.54. The Kier molecular flexibility index (Phi) is 4.72. The average molecular weight is 499 g/mol. The molecule has 14 nitrogen and oxygen atoms in total. The number of amides is 4. The molecule has 4 atom stereocenters. The summed E-state index contributed by atoms with van der Waals surface area (Å²) in [5.41, 5.74) is 12.4. The Morgan fingerprint density at radius 2 is 1.92 bits per heavy atom. The standard InChI is InChI=1S/C22H27N9O5/c23-18-27-17-12(9-30-15(32)5-6-16(30)33)25-19(24)31-10-14(22(35,36)21(17,31)28-18)26-20(34)29-8-7-11-3-1-2-4-13(11)29/h1-4,12,14,17,35-36H,5-10H2,(H6,23,24,25,26,27,28,34)/p+1/t12-,14?,17-,21-/m0/s1. The Balaban J connectivity index is 1.30. The molecule has 0 saturated carbocycles. The Hall–Kier alpha value is -3.91. The average Bonchev–Trinajstić information content (AvgIpc) is 3.56. The molecular weight excluding hydrogens is 470 g/mol. The van der Waals surface area contributed by atoms with E-state index in [1.807, 2.05) is 24.3 Å². The maximum atomic E-state index is 13.2. The molecule has 9 N–H and O–H groups in total. The van der Waals surface area contributed by atoms with Gasteiger partial charge in [-0.1, -0.05) is 18.2 Å². The van der Waals surface area contributed by atoms with Crippen molar-refractivity contribution < 1.29 is 29.2 Å². The Morgan fingerprint density at radius 3 is 2.67 bits per heavy atom. The SMILES string of the molecule is NC1=N[C@H]2[C@H](CN3C(=O)CCC3=O)NC(N)=[N+]3CC(NC(=O)N4CCc5ccccc54)C(O)(O)[C@]23N1. The summed E-state index contributed by atoms with van der Waals surface area (Å²) in [5.74, 6) is -3.20. The summed E-state index contributed by atoms with van der Waals surface area (Å²) in [6, 6.07) is 4.18. The van der Waals surface area contributed by atoms with Gasteiger partial charge in [0.05, 0.1) is 13.1 Å². The van der Waals surface area contributed by atoms with Crippen LogP contribution in [0, 0.1) is 0 Å². The lowest BCUT2D eigenvalue weighted by molar-refractivity contribution is -0.623. The number of nitrogens with one attached hydrogen (secondary N) is 3. The molecule has 0 radical (unpaired) electrons. The predicted octanol–water partition coefficient (Wildman–Crippen LogP) is -3.75. The fraction of sp³-hybridized carbons (Fsp3) is 0.500. The van der Waals surface area contributed by atoms with Crippen molar-refractivity contribution >= 4 is 35.5 Å². The molecule has 36 heavy (non-hydrogen) atoms. The topological polar surface area (TPSA) is 202 Å². The zero-order chi connectivity index (χ0) is 25.4. The zero-order valence-corrected chi connectivity index (χ0v) is 19.3. The first-order valence-electron chi connectivity index (χ1n) is 11.9. The number of carbonyl (C=O) groups is 3. The number of benzene rings is 1. The molecule has 2 fully saturated rings. The van der Waals surface area contributed by atoms with Gasteiger partial charge in [0.15, 0.2) is 5.96 Å². The third-order valence-electron chi connectivity index (χ3n) is 7.83. The molecule has 1 spiro atoms. The highest BCUT2D eigenvalue weighted by Gasteiger charge is 2.75. The van der Waals surface area contributed by atoms with E-state index in [9.17, 15) is 24.6 Å². The van der Waals surface area contributed by atoms with Crippen LogP contribution in [-0.4, -0.2) is 98.7 Å². The highest BCUT2D eigenvalue weighted by molar-refractivity contribution is 6.02. The molecule has 0 aliphatic carbocycles. The monoisotopic (exact) mass is 498 g/mol. The summed E-state index contributed by atoms with van der Waals surface area (Å²) >= 11 is 0. The summed E-state index contributed by atoms with van der Waals surface area (Å²) < 4.78 is 1.48. The van der Waals surface area contributed by atoms with Crippen molar-refractivity contribution in [3.05, 3.63) is 29.8 Å². The van der Waals surface area contributed by atoms with Crippen LogP contribution in [0.2, 0.25) is 0 Å². The Labute approximate surface area is 205 Å². The van der Waals surface area contributed by atoms with Gasteiger partial charge in [-0.05, 0) is 18.1 Å². The minimum atomic E-state index is -2.58. The number of para-hydroxylation sites is 1. The van der Waals surface area contributed by atoms with Gasteiger partial charge in [0.25, 0.3) is 0 Å². The maximum Gasteiger partial charge on any atom is 0.346 e. The van der Waals surface area contributed by atoms with Gasteiger partial charge in [-0.15, -0.1) is 0 Å². The third kappa shape index (κ3) is 2.94. The van der Waals surface area contributed by atoms with Crippen LogP contribution in [0.4, 0.5) is 10.5 Å². The third-order valence-corrected chi connectivity index (χ3v) is 7.83. The molecule has 6 rings (SSSR count). The van der Waals surface area contributed by atoms with Crippen molar-refractivity contribution in [2.45, 2.75) is 48.8 Å². The van der Waals surface area contributed by atoms with Gasteiger partial charge in [0, 0.05) is 25.1 Å². The number of carbonyl (C=O) groups excluding carboxylic acids is 3. The van der Waals surface area contributed by atoms with Gasteiger partial charge in [0.1, 0.15) is 18.1 Å². The van der Waals surface area contributed by atoms with Crippen molar-refractivity contribution in [3.63, 3.8) is 0 Å². The Bertz CT molecular complexity index is 1230. The van der Waals surface area contributed by atoms with Gasteiger partial charge in [-0.3, -0.25) is 30.4 Å². The molecule has 0 bridgehead atoms. The van der Waals surface area contributed by atoms with E-state index < -0.39 is 35.6 Å². The first-order chi connectivity index (χ1) is 17.1. The fourth-order valence-corrected chi connectivity index (χ4v) is 6.11. The lowest BCUT2D eigenvalue weighted by Gasteiger charge is -2.44. The molecular formula is C22H28N9O5+. The van der Waals surface area contributed by atoms with Crippen molar-refractivity contribution in [1.29, 1.82) is 0 Å². The van der Waals surface area contributed by atoms with Crippen molar-refractivity contribution in [3.8, 4) is 0 Å². The van der Waals surface area contributed by atoms with E-state index in [-0.39, 0.29) is 49.7 Å². The molecule has 5 aliphatic heterocycles. The number of hydrogen-bond acceptors (Lipinski definition) is 10. The number of anilines is 1. The predicted molar refractivity (Wildman–Crippen MR) is 125 cm³/mol. The smallest absolute Gasteiger partial charge is 0.346 e. The number of urea groups is 1. The summed E-state index contributed by atoms with van der Waals surface area (Å²) in [6.45, 7) is 0.325. The first kappa shape index (κ1) is 22.5. The number of rotatable bonds is 3. The largest absolute Gasteiger partial charge is 0.370 e. The fourth-order valence-electron chi connectivity index (χ4n) is 6.11.